The zero-order chi connectivity index (χ0) is 16.1. The summed E-state index contributed by atoms with van der Waals surface area (Å²) in [5.74, 6) is -0.155. The van der Waals surface area contributed by atoms with Gasteiger partial charge in [0.05, 0.1) is 6.10 Å². The molecular formula is C17H21N3O2S. The van der Waals surface area contributed by atoms with E-state index in [1.54, 1.807) is 5.38 Å². The number of nitrogens with zero attached hydrogens (tertiary/aromatic N) is 1. The first-order valence-electron chi connectivity index (χ1n) is 7.93. The average Bonchev–Trinajstić information content (AvgIpc) is 3.04. The Kier molecular flexibility index (Phi) is 5.25. The van der Waals surface area contributed by atoms with Crippen molar-refractivity contribution >= 4 is 22.4 Å². The zero-order valence-electron chi connectivity index (χ0n) is 12.9. The molecule has 0 bridgehead atoms. The molecule has 3 N–H and O–H groups in total. The lowest BCUT2D eigenvalue weighted by Gasteiger charge is -2.25. The molecule has 122 valence electrons. The zero-order valence-corrected chi connectivity index (χ0v) is 13.7. The molecule has 0 atom stereocenters. The van der Waals surface area contributed by atoms with Crippen molar-refractivity contribution in [3.8, 4) is 0 Å². The summed E-state index contributed by atoms with van der Waals surface area (Å²) in [5.41, 5.74) is 1.51. The molecule has 1 aromatic carbocycles. The van der Waals surface area contributed by atoms with Gasteiger partial charge in [-0.2, -0.15) is 0 Å². The maximum Gasteiger partial charge on any atom is 0.271 e. The Morgan fingerprint density at radius 1 is 1.22 bits per heavy atom. The number of thiazole rings is 1. The van der Waals surface area contributed by atoms with Crippen LogP contribution in [0, 0.1) is 0 Å². The van der Waals surface area contributed by atoms with Crippen LogP contribution in [0.1, 0.15) is 41.7 Å². The van der Waals surface area contributed by atoms with Crippen molar-refractivity contribution in [3.63, 3.8) is 0 Å². The van der Waals surface area contributed by atoms with E-state index in [1.807, 2.05) is 30.3 Å². The third-order valence-corrected chi connectivity index (χ3v) is 4.83. The van der Waals surface area contributed by atoms with Gasteiger partial charge in [0.2, 0.25) is 0 Å². The SMILES string of the molecule is O=C(NCc1ccccc1)c1csc(NC2CCC(O)CC2)n1. The first-order chi connectivity index (χ1) is 11.2. The van der Waals surface area contributed by atoms with Crippen LogP contribution in [0.15, 0.2) is 35.7 Å². The van der Waals surface area contributed by atoms with Gasteiger partial charge < -0.3 is 15.7 Å². The Hall–Kier alpha value is -1.92. The topological polar surface area (TPSA) is 74.2 Å². The lowest BCUT2D eigenvalue weighted by molar-refractivity contribution is 0.0946. The molecule has 1 amide bonds. The van der Waals surface area contributed by atoms with Gasteiger partial charge in [0.1, 0.15) is 5.69 Å². The number of aromatic nitrogens is 1. The highest BCUT2D eigenvalue weighted by molar-refractivity contribution is 7.13. The second kappa shape index (κ2) is 7.57. The van der Waals surface area contributed by atoms with Gasteiger partial charge in [-0.25, -0.2) is 4.98 Å². The van der Waals surface area contributed by atoms with Gasteiger partial charge in [0.25, 0.3) is 5.91 Å². The van der Waals surface area contributed by atoms with Gasteiger partial charge in [0.15, 0.2) is 5.13 Å². The fraction of sp³-hybridized carbons (Fsp3) is 0.412. The number of anilines is 1. The predicted molar refractivity (Wildman–Crippen MR) is 91.6 cm³/mol. The summed E-state index contributed by atoms with van der Waals surface area (Å²) in [4.78, 5) is 16.5. The summed E-state index contributed by atoms with van der Waals surface area (Å²) in [6, 6.07) is 10.1. The van der Waals surface area contributed by atoms with Crippen LogP contribution in [0.5, 0.6) is 0 Å². The Balaban J connectivity index is 1.51. The van der Waals surface area contributed by atoms with Crippen LogP contribution in [0.25, 0.3) is 0 Å². The Morgan fingerprint density at radius 2 is 1.96 bits per heavy atom. The third-order valence-electron chi connectivity index (χ3n) is 4.06. The molecule has 1 aliphatic carbocycles. The predicted octanol–water partition coefficient (Wildman–Crippen LogP) is 2.79. The van der Waals surface area contributed by atoms with Crippen molar-refractivity contribution in [1.82, 2.24) is 10.3 Å². The highest BCUT2D eigenvalue weighted by atomic mass is 32.1. The molecule has 6 heteroatoms. The van der Waals surface area contributed by atoms with Crippen molar-refractivity contribution < 1.29 is 9.90 Å². The van der Waals surface area contributed by atoms with Crippen LogP contribution in [0.3, 0.4) is 0 Å². The van der Waals surface area contributed by atoms with Gasteiger partial charge >= 0.3 is 0 Å². The van der Waals surface area contributed by atoms with Crippen LogP contribution in [-0.2, 0) is 6.54 Å². The van der Waals surface area contributed by atoms with Gasteiger partial charge in [0, 0.05) is 18.0 Å². The Bertz CT molecular complexity index is 636. The quantitative estimate of drug-likeness (QED) is 0.787. The summed E-state index contributed by atoms with van der Waals surface area (Å²) < 4.78 is 0. The summed E-state index contributed by atoms with van der Waals surface area (Å²) in [7, 11) is 0. The highest BCUT2D eigenvalue weighted by Crippen LogP contribution is 2.24. The second-order valence-electron chi connectivity index (χ2n) is 5.86. The van der Waals surface area contributed by atoms with E-state index in [-0.39, 0.29) is 12.0 Å². The summed E-state index contributed by atoms with van der Waals surface area (Å²) in [5, 5.41) is 18.3. The van der Waals surface area contributed by atoms with Gasteiger partial charge in [-0.3, -0.25) is 4.79 Å². The van der Waals surface area contributed by atoms with E-state index in [2.05, 4.69) is 15.6 Å². The Morgan fingerprint density at radius 3 is 2.70 bits per heavy atom. The number of amides is 1. The third kappa shape index (κ3) is 4.53. The number of aliphatic hydroxyl groups excluding tert-OH is 1. The van der Waals surface area contributed by atoms with E-state index >= 15 is 0 Å². The fourth-order valence-electron chi connectivity index (χ4n) is 2.71. The maximum absolute atomic E-state index is 12.1. The smallest absolute Gasteiger partial charge is 0.271 e. The minimum absolute atomic E-state index is 0.155. The van der Waals surface area contributed by atoms with Gasteiger partial charge in [-0.05, 0) is 31.2 Å². The van der Waals surface area contributed by atoms with Crippen LogP contribution in [-0.4, -0.2) is 28.1 Å². The van der Waals surface area contributed by atoms with Crippen LogP contribution >= 0.6 is 11.3 Å². The molecule has 0 spiro atoms. The van der Waals surface area contributed by atoms with E-state index < -0.39 is 0 Å². The van der Waals surface area contributed by atoms with E-state index in [4.69, 9.17) is 0 Å². The molecule has 0 unspecified atom stereocenters. The Labute approximate surface area is 139 Å². The summed E-state index contributed by atoms with van der Waals surface area (Å²) in [6.45, 7) is 0.500. The summed E-state index contributed by atoms with van der Waals surface area (Å²) >= 11 is 1.45. The van der Waals surface area contributed by atoms with Crippen molar-refractivity contribution in [1.29, 1.82) is 0 Å². The molecular weight excluding hydrogens is 310 g/mol. The van der Waals surface area contributed by atoms with Crippen LogP contribution < -0.4 is 10.6 Å². The maximum atomic E-state index is 12.1. The van der Waals surface area contributed by atoms with Gasteiger partial charge in [-0.1, -0.05) is 30.3 Å². The molecule has 0 radical (unpaired) electrons. The monoisotopic (exact) mass is 331 g/mol. The van der Waals surface area contributed by atoms with Crippen LogP contribution in [0.4, 0.5) is 5.13 Å². The molecule has 3 rings (SSSR count). The molecule has 2 aromatic rings. The van der Waals surface area contributed by atoms with Crippen molar-refractivity contribution in [2.75, 3.05) is 5.32 Å². The first-order valence-corrected chi connectivity index (χ1v) is 8.81. The van der Waals surface area contributed by atoms with Crippen molar-refractivity contribution in [2.24, 2.45) is 0 Å². The minimum Gasteiger partial charge on any atom is -0.393 e. The molecule has 1 fully saturated rings. The molecule has 1 aliphatic rings. The van der Waals surface area contributed by atoms with E-state index in [9.17, 15) is 9.90 Å². The van der Waals surface area contributed by atoms with Crippen molar-refractivity contribution in [3.05, 3.63) is 47.0 Å². The van der Waals surface area contributed by atoms with E-state index in [0.717, 1.165) is 36.4 Å². The van der Waals surface area contributed by atoms with E-state index in [1.165, 1.54) is 11.3 Å². The number of aliphatic hydroxyl groups is 1. The highest BCUT2D eigenvalue weighted by Gasteiger charge is 2.20. The normalized spacial score (nSPS) is 20.9. The first kappa shape index (κ1) is 16.0. The molecule has 1 aromatic heterocycles. The number of carbonyl (C=O) groups excluding carboxylic acids is 1. The standard InChI is InChI=1S/C17H21N3O2S/c21-14-8-6-13(7-9-14)19-17-20-15(11-23-17)16(22)18-10-12-4-2-1-3-5-12/h1-5,11,13-14,21H,6-10H2,(H,18,22)(H,19,20). The lowest BCUT2D eigenvalue weighted by Crippen LogP contribution is -2.28. The number of nitrogens with one attached hydrogen (secondary N) is 2. The number of benzene rings is 1. The number of hydrogen-bond acceptors (Lipinski definition) is 5. The molecule has 0 saturated heterocycles. The second-order valence-corrected chi connectivity index (χ2v) is 6.71. The number of carbonyl (C=O) groups is 1. The van der Waals surface area contributed by atoms with Crippen molar-refractivity contribution in [2.45, 2.75) is 44.4 Å². The molecule has 1 heterocycles. The van der Waals surface area contributed by atoms with Crippen LogP contribution in [0.2, 0.25) is 0 Å². The minimum atomic E-state index is -0.163. The van der Waals surface area contributed by atoms with E-state index in [0.29, 0.717) is 18.3 Å². The molecule has 1 saturated carbocycles. The largest absolute Gasteiger partial charge is 0.393 e. The van der Waals surface area contributed by atoms with Gasteiger partial charge in [-0.15, -0.1) is 11.3 Å². The number of hydrogen-bond donors (Lipinski definition) is 3. The number of rotatable bonds is 5. The average molecular weight is 331 g/mol. The summed E-state index contributed by atoms with van der Waals surface area (Å²) in [6.07, 6.45) is 3.37. The molecule has 23 heavy (non-hydrogen) atoms. The fourth-order valence-corrected chi connectivity index (χ4v) is 3.48. The molecule has 5 nitrogen and oxygen atoms in total. The molecule has 0 aliphatic heterocycles. The lowest BCUT2D eigenvalue weighted by atomic mass is 9.93.